The summed E-state index contributed by atoms with van der Waals surface area (Å²) in [5.41, 5.74) is 2.81. The molecule has 0 fully saturated rings. The summed E-state index contributed by atoms with van der Waals surface area (Å²) < 4.78 is 11.3. The van der Waals surface area contributed by atoms with E-state index in [1.54, 1.807) is 0 Å². The van der Waals surface area contributed by atoms with Crippen molar-refractivity contribution in [1.82, 2.24) is 0 Å². The maximum Gasteiger partial charge on any atom is 0.262 e. The largest absolute Gasteiger partial charge is 0.486 e. The molecular weight excluding hydrogens is 278 g/mol. The van der Waals surface area contributed by atoms with Crippen LogP contribution in [-0.2, 0) is 6.42 Å². The van der Waals surface area contributed by atoms with Crippen LogP contribution in [0.15, 0.2) is 42.5 Å². The van der Waals surface area contributed by atoms with Crippen molar-refractivity contribution in [3.63, 3.8) is 0 Å². The first-order valence-electron chi connectivity index (χ1n) is 7.63. The van der Waals surface area contributed by atoms with Crippen LogP contribution >= 0.6 is 0 Å². The van der Waals surface area contributed by atoms with Crippen LogP contribution in [0, 0.1) is 0 Å². The Morgan fingerprint density at radius 2 is 1.86 bits per heavy atom. The molecule has 0 N–H and O–H groups in total. The summed E-state index contributed by atoms with van der Waals surface area (Å²) in [6.07, 6.45) is 2.00. The SMILES string of the molecule is O=C(c1cccc2c1OCCO2)N1CCCc2ccccc21. The molecule has 0 unspecified atom stereocenters. The van der Waals surface area contributed by atoms with E-state index in [0.29, 0.717) is 30.3 Å². The molecule has 22 heavy (non-hydrogen) atoms. The van der Waals surface area contributed by atoms with E-state index in [-0.39, 0.29) is 5.91 Å². The summed E-state index contributed by atoms with van der Waals surface area (Å²) in [6.45, 7) is 1.74. The van der Waals surface area contributed by atoms with Gasteiger partial charge in [-0.1, -0.05) is 24.3 Å². The number of para-hydroxylation sites is 2. The Balaban J connectivity index is 1.75. The lowest BCUT2D eigenvalue weighted by atomic mass is 10.0. The summed E-state index contributed by atoms with van der Waals surface area (Å²) in [5, 5.41) is 0. The molecule has 2 aromatic rings. The molecule has 0 aromatic heterocycles. The molecule has 0 aliphatic carbocycles. The summed E-state index contributed by atoms with van der Waals surface area (Å²) in [5.74, 6) is 1.21. The van der Waals surface area contributed by atoms with Crippen LogP contribution in [0.25, 0.3) is 0 Å². The predicted molar refractivity (Wildman–Crippen MR) is 83.9 cm³/mol. The van der Waals surface area contributed by atoms with E-state index in [4.69, 9.17) is 9.47 Å². The predicted octanol–water partition coefficient (Wildman–Crippen LogP) is 3.05. The Labute approximate surface area is 129 Å². The standard InChI is InChI=1S/C18H17NO3/c20-18(14-7-3-9-16-17(14)22-12-11-21-16)19-10-4-6-13-5-1-2-8-15(13)19/h1-3,5,7-9H,4,6,10-12H2. The fraction of sp³-hybridized carbons (Fsp3) is 0.278. The first-order chi connectivity index (χ1) is 10.8. The third-order valence-electron chi connectivity index (χ3n) is 4.15. The second kappa shape index (κ2) is 5.37. The van der Waals surface area contributed by atoms with Gasteiger partial charge in [0, 0.05) is 12.2 Å². The summed E-state index contributed by atoms with van der Waals surface area (Å²) in [6, 6.07) is 13.6. The number of rotatable bonds is 1. The first kappa shape index (κ1) is 13.2. The highest BCUT2D eigenvalue weighted by molar-refractivity contribution is 6.09. The second-order valence-electron chi connectivity index (χ2n) is 5.52. The van der Waals surface area contributed by atoms with E-state index in [2.05, 4.69) is 6.07 Å². The quantitative estimate of drug-likeness (QED) is 0.811. The van der Waals surface area contributed by atoms with E-state index >= 15 is 0 Å². The maximum atomic E-state index is 13.0. The summed E-state index contributed by atoms with van der Waals surface area (Å²) >= 11 is 0. The molecule has 2 aliphatic heterocycles. The Morgan fingerprint density at radius 3 is 2.82 bits per heavy atom. The molecule has 4 nitrogen and oxygen atoms in total. The van der Waals surface area contributed by atoms with Gasteiger partial charge in [-0.15, -0.1) is 0 Å². The molecule has 2 heterocycles. The van der Waals surface area contributed by atoms with Crippen molar-refractivity contribution in [2.24, 2.45) is 0 Å². The average molecular weight is 295 g/mol. The topological polar surface area (TPSA) is 38.8 Å². The van der Waals surface area contributed by atoms with E-state index < -0.39 is 0 Å². The molecule has 0 saturated carbocycles. The van der Waals surface area contributed by atoms with Gasteiger partial charge < -0.3 is 14.4 Å². The number of fused-ring (bicyclic) bond motifs is 2. The van der Waals surface area contributed by atoms with Gasteiger partial charge in [-0.2, -0.15) is 0 Å². The van der Waals surface area contributed by atoms with E-state index in [0.717, 1.165) is 25.1 Å². The van der Waals surface area contributed by atoms with Gasteiger partial charge in [0.1, 0.15) is 13.2 Å². The highest BCUT2D eigenvalue weighted by Gasteiger charge is 2.27. The molecule has 0 spiro atoms. The van der Waals surface area contributed by atoms with Gasteiger partial charge in [0.25, 0.3) is 5.91 Å². The molecule has 1 amide bonds. The average Bonchev–Trinajstić information content (AvgIpc) is 2.60. The second-order valence-corrected chi connectivity index (χ2v) is 5.52. The van der Waals surface area contributed by atoms with Crippen molar-refractivity contribution in [2.45, 2.75) is 12.8 Å². The van der Waals surface area contributed by atoms with Gasteiger partial charge in [0.15, 0.2) is 11.5 Å². The maximum absolute atomic E-state index is 13.0. The molecule has 0 atom stereocenters. The molecule has 0 bridgehead atoms. The number of amides is 1. The van der Waals surface area contributed by atoms with Gasteiger partial charge >= 0.3 is 0 Å². The number of carbonyl (C=O) groups excluding carboxylic acids is 1. The molecular formula is C18H17NO3. The molecule has 112 valence electrons. The number of benzene rings is 2. The Morgan fingerprint density at radius 1 is 1.00 bits per heavy atom. The molecule has 0 saturated heterocycles. The minimum absolute atomic E-state index is 0.0190. The molecule has 2 aromatic carbocycles. The van der Waals surface area contributed by atoms with Crippen molar-refractivity contribution in [3.05, 3.63) is 53.6 Å². The van der Waals surface area contributed by atoms with Crippen LogP contribution in [-0.4, -0.2) is 25.7 Å². The fourth-order valence-electron chi connectivity index (χ4n) is 3.13. The number of nitrogens with zero attached hydrogens (tertiary/aromatic N) is 1. The summed E-state index contributed by atoms with van der Waals surface area (Å²) in [4.78, 5) is 14.9. The lowest BCUT2D eigenvalue weighted by molar-refractivity contribution is 0.0974. The van der Waals surface area contributed by atoms with Gasteiger partial charge in [0.2, 0.25) is 0 Å². The Bertz CT molecular complexity index is 726. The van der Waals surface area contributed by atoms with E-state index in [9.17, 15) is 4.79 Å². The van der Waals surface area contributed by atoms with Crippen molar-refractivity contribution in [2.75, 3.05) is 24.7 Å². The molecule has 2 aliphatic rings. The zero-order valence-electron chi connectivity index (χ0n) is 12.2. The first-order valence-corrected chi connectivity index (χ1v) is 7.63. The summed E-state index contributed by atoms with van der Waals surface area (Å²) in [7, 11) is 0. The van der Waals surface area contributed by atoms with Crippen LogP contribution < -0.4 is 14.4 Å². The zero-order chi connectivity index (χ0) is 14.9. The highest BCUT2D eigenvalue weighted by atomic mass is 16.6. The van der Waals surface area contributed by atoms with Crippen LogP contribution in [0.3, 0.4) is 0 Å². The van der Waals surface area contributed by atoms with Gasteiger partial charge in [0.05, 0.1) is 5.56 Å². The third-order valence-corrected chi connectivity index (χ3v) is 4.15. The monoisotopic (exact) mass is 295 g/mol. The number of hydrogen-bond acceptors (Lipinski definition) is 3. The van der Waals surface area contributed by atoms with Crippen molar-refractivity contribution in [1.29, 1.82) is 0 Å². The van der Waals surface area contributed by atoms with Crippen LogP contribution in [0.1, 0.15) is 22.3 Å². The van der Waals surface area contributed by atoms with Crippen LogP contribution in [0.5, 0.6) is 11.5 Å². The number of hydrogen-bond donors (Lipinski definition) is 0. The smallest absolute Gasteiger partial charge is 0.262 e. The molecule has 4 heteroatoms. The van der Waals surface area contributed by atoms with E-state index in [1.807, 2.05) is 41.3 Å². The zero-order valence-corrected chi connectivity index (χ0v) is 12.2. The number of anilines is 1. The minimum atomic E-state index is -0.0190. The van der Waals surface area contributed by atoms with Gasteiger partial charge in [-0.25, -0.2) is 0 Å². The number of carbonyl (C=O) groups is 1. The van der Waals surface area contributed by atoms with Crippen molar-refractivity contribution >= 4 is 11.6 Å². The van der Waals surface area contributed by atoms with Crippen LogP contribution in [0.2, 0.25) is 0 Å². The molecule has 0 radical (unpaired) electrons. The normalized spacial score (nSPS) is 16.1. The van der Waals surface area contributed by atoms with E-state index in [1.165, 1.54) is 5.56 Å². The lowest BCUT2D eigenvalue weighted by Crippen LogP contribution is -2.36. The van der Waals surface area contributed by atoms with Crippen LogP contribution in [0.4, 0.5) is 5.69 Å². The Hall–Kier alpha value is -2.49. The van der Waals surface area contributed by atoms with Crippen molar-refractivity contribution in [3.8, 4) is 11.5 Å². The van der Waals surface area contributed by atoms with Gasteiger partial charge in [-0.05, 0) is 36.6 Å². The fourth-order valence-corrected chi connectivity index (χ4v) is 3.13. The Kier molecular flexibility index (Phi) is 3.22. The van der Waals surface area contributed by atoms with Gasteiger partial charge in [-0.3, -0.25) is 4.79 Å². The third kappa shape index (κ3) is 2.11. The highest BCUT2D eigenvalue weighted by Crippen LogP contribution is 2.36. The minimum Gasteiger partial charge on any atom is -0.486 e. The number of aryl methyl sites for hydroxylation is 1. The number of ether oxygens (including phenoxy) is 2. The van der Waals surface area contributed by atoms with Crippen molar-refractivity contribution < 1.29 is 14.3 Å². The molecule has 4 rings (SSSR count). The lowest BCUT2D eigenvalue weighted by Gasteiger charge is -2.30.